The van der Waals surface area contributed by atoms with Crippen LogP contribution in [0.5, 0.6) is 5.75 Å². The molecule has 0 spiro atoms. The predicted octanol–water partition coefficient (Wildman–Crippen LogP) is 0.797. The second-order valence-corrected chi connectivity index (χ2v) is 4.22. The smallest absolute Gasteiger partial charge is 0.255 e. The number of methoxy groups -OCH3 is 1. The number of rotatable bonds is 5. The molecule has 0 atom stereocenters. The molecule has 2 amide bonds. The third kappa shape index (κ3) is 4.33. The first kappa shape index (κ1) is 15.1. The zero-order valence-corrected chi connectivity index (χ0v) is 11.5. The minimum atomic E-state index is -0.343. The van der Waals surface area contributed by atoms with Gasteiger partial charge in [0, 0.05) is 26.1 Å². The molecule has 0 bridgehead atoms. The predicted molar refractivity (Wildman–Crippen MR) is 73.4 cm³/mol. The Kier molecular flexibility index (Phi) is 5.44. The third-order valence-corrected chi connectivity index (χ3v) is 2.68. The van der Waals surface area contributed by atoms with E-state index >= 15 is 0 Å². The minimum absolute atomic E-state index is 0.151. The van der Waals surface area contributed by atoms with E-state index in [4.69, 9.17) is 22.1 Å². The lowest BCUT2D eigenvalue weighted by atomic mass is 10.1. The number of ether oxygens (including phenoxy) is 1. The van der Waals surface area contributed by atoms with Crippen LogP contribution in [0.2, 0.25) is 5.02 Å². The van der Waals surface area contributed by atoms with Gasteiger partial charge in [-0.25, -0.2) is 0 Å². The number of carbonyl (C=O) groups excluding carboxylic acids is 2. The lowest BCUT2D eigenvalue weighted by Gasteiger charge is -2.11. The van der Waals surface area contributed by atoms with Crippen LogP contribution in [0.25, 0.3) is 0 Å². The monoisotopic (exact) mass is 285 g/mol. The first-order chi connectivity index (χ1) is 8.95. The molecule has 0 heterocycles. The summed E-state index contributed by atoms with van der Waals surface area (Å²) in [6, 6.07) is 2.94. The first-order valence-electron chi connectivity index (χ1n) is 5.61. The molecule has 0 aromatic heterocycles. The van der Waals surface area contributed by atoms with Crippen molar-refractivity contribution in [3.05, 3.63) is 22.7 Å². The van der Waals surface area contributed by atoms with E-state index < -0.39 is 0 Å². The van der Waals surface area contributed by atoms with Crippen LogP contribution in [0.15, 0.2) is 12.1 Å². The highest BCUT2D eigenvalue weighted by Crippen LogP contribution is 2.28. The molecule has 1 aromatic carbocycles. The molecule has 0 aliphatic rings. The molecular weight excluding hydrogens is 270 g/mol. The van der Waals surface area contributed by atoms with Crippen molar-refractivity contribution in [1.29, 1.82) is 0 Å². The normalized spacial score (nSPS) is 9.84. The van der Waals surface area contributed by atoms with Gasteiger partial charge in [-0.1, -0.05) is 11.6 Å². The summed E-state index contributed by atoms with van der Waals surface area (Å²) in [5.41, 5.74) is 6.27. The highest BCUT2D eigenvalue weighted by molar-refractivity contribution is 6.33. The molecule has 1 aromatic rings. The fraction of sp³-hybridized carbons (Fsp3) is 0.333. The van der Waals surface area contributed by atoms with Crippen LogP contribution in [-0.2, 0) is 4.79 Å². The van der Waals surface area contributed by atoms with Crippen LogP contribution >= 0.6 is 11.6 Å². The Hall–Kier alpha value is -1.95. The Morgan fingerprint density at radius 3 is 2.53 bits per heavy atom. The fourth-order valence-electron chi connectivity index (χ4n) is 1.43. The number of hydrogen-bond acceptors (Lipinski definition) is 4. The highest BCUT2D eigenvalue weighted by Gasteiger charge is 2.14. The number of anilines is 1. The second-order valence-electron chi connectivity index (χ2n) is 3.81. The fourth-order valence-corrected chi connectivity index (χ4v) is 1.59. The standard InChI is InChI=1S/C12H16ClN3O3/c1-7(17)15-3-4-16-12(18)8-5-9(13)10(14)6-11(8)19-2/h5-6H,3-4,14H2,1-2H3,(H,15,17)(H,16,18). The SMILES string of the molecule is COc1cc(N)c(Cl)cc1C(=O)NCCNC(C)=O. The summed E-state index contributed by atoms with van der Waals surface area (Å²) in [4.78, 5) is 22.6. The van der Waals surface area contributed by atoms with E-state index in [1.54, 1.807) is 0 Å². The van der Waals surface area contributed by atoms with Gasteiger partial charge in [0.05, 0.1) is 23.4 Å². The van der Waals surface area contributed by atoms with Gasteiger partial charge in [0.25, 0.3) is 5.91 Å². The number of halogens is 1. The van der Waals surface area contributed by atoms with Crippen molar-refractivity contribution < 1.29 is 14.3 Å². The van der Waals surface area contributed by atoms with Crippen molar-refractivity contribution in [2.24, 2.45) is 0 Å². The van der Waals surface area contributed by atoms with Crippen LogP contribution in [0.3, 0.4) is 0 Å². The Balaban J connectivity index is 2.71. The van der Waals surface area contributed by atoms with Crippen LogP contribution < -0.4 is 21.1 Å². The van der Waals surface area contributed by atoms with Crippen molar-refractivity contribution >= 4 is 29.1 Å². The van der Waals surface area contributed by atoms with Crippen molar-refractivity contribution in [2.75, 3.05) is 25.9 Å². The molecule has 0 saturated carbocycles. The number of carbonyl (C=O) groups is 2. The molecular formula is C12H16ClN3O3. The van der Waals surface area contributed by atoms with Crippen LogP contribution in [0.1, 0.15) is 17.3 Å². The van der Waals surface area contributed by atoms with Gasteiger partial charge in [-0.05, 0) is 6.07 Å². The van der Waals surface area contributed by atoms with Gasteiger partial charge in [0.2, 0.25) is 5.91 Å². The van der Waals surface area contributed by atoms with E-state index in [0.717, 1.165) is 0 Å². The number of benzene rings is 1. The van der Waals surface area contributed by atoms with Crippen LogP contribution in [-0.4, -0.2) is 32.0 Å². The lowest BCUT2D eigenvalue weighted by molar-refractivity contribution is -0.118. The maximum Gasteiger partial charge on any atom is 0.255 e. The largest absolute Gasteiger partial charge is 0.496 e. The molecule has 104 valence electrons. The summed E-state index contributed by atoms with van der Waals surface area (Å²) < 4.78 is 5.08. The number of nitrogens with two attached hydrogens (primary N) is 1. The molecule has 0 saturated heterocycles. The summed E-state index contributed by atoms with van der Waals surface area (Å²) in [6.45, 7) is 2.07. The quantitative estimate of drug-likeness (QED) is 0.551. The zero-order chi connectivity index (χ0) is 14.4. The van der Waals surface area contributed by atoms with Crippen LogP contribution in [0.4, 0.5) is 5.69 Å². The summed E-state index contributed by atoms with van der Waals surface area (Å²) in [6.07, 6.45) is 0. The molecule has 1 rings (SSSR count). The van der Waals surface area contributed by atoms with Crippen molar-refractivity contribution in [1.82, 2.24) is 10.6 Å². The molecule has 19 heavy (non-hydrogen) atoms. The summed E-state index contributed by atoms with van der Waals surface area (Å²) in [5, 5.41) is 5.50. The molecule has 7 heteroatoms. The number of nitrogens with one attached hydrogen (secondary N) is 2. The van der Waals surface area contributed by atoms with E-state index in [0.29, 0.717) is 30.1 Å². The number of hydrogen-bond donors (Lipinski definition) is 3. The molecule has 0 aliphatic carbocycles. The van der Waals surface area contributed by atoms with E-state index in [1.165, 1.54) is 26.2 Å². The molecule has 0 unspecified atom stereocenters. The van der Waals surface area contributed by atoms with Crippen molar-refractivity contribution in [3.8, 4) is 5.75 Å². The van der Waals surface area contributed by atoms with Crippen molar-refractivity contribution in [2.45, 2.75) is 6.92 Å². The molecule has 0 aliphatic heterocycles. The highest BCUT2D eigenvalue weighted by atomic mass is 35.5. The van der Waals surface area contributed by atoms with Gasteiger partial charge < -0.3 is 21.1 Å². The molecule has 0 fully saturated rings. The lowest BCUT2D eigenvalue weighted by Crippen LogP contribution is -2.33. The molecule has 0 radical (unpaired) electrons. The Labute approximate surface area is 116 Å². The van der Waals surface area contributed by atoms with Crippen molar-refractivity contribution in [3.63, 3.8) is 0 Å². The third-order valence-electron chi connectivity index (χ3n) is 2.35. The van der Waals surface area contributed by atoms with Gasteiger partial charge in [-0.3, -0.25) is 9.59 Å². The average Bonchev–Trinajstić information content (AvgIpc) is 2.36. The maximum atomic E-state index is 11.9. The topological polar surface area (TPSA) is 93.4 Å². The minimum Gasteiger partial charge on any atom is -0.496 e. The van der Waals surface area contributed by atoms with E-state index in [1.807, 2.05) is 0 Å². The Morgan fingerprint density at radius 2 is 1.95 bits per heavy atom. The summed E-state index contributed by atoms with van der Waals surface area (Å²) in [5.74, 6) is -0.148. The van der Waals surface area contributed by atoms with E-state index in [9.17, 15) is 9.59 Å². The van der Waals surface area contributed by atoms with Gasteiger partial charge in [-0.2, -0.15) is 0 Å². The molecule has 4 N–H and O–H groups in total. The van der Waals surface area contributed by atoms with Gasteiger partial charge in [0.1, 0.15) is 5.75 Å². The van der Waals surface area contributed by atoms with Gasteiger partial charge in [0.15, 0.2) is 0 Å². The Morgan fingerprint density at radius 1 is 1.32 bits per heavy atom. The van der Waals surface area contributed by atoms with Gasteiger partial charge in [-0.15, -0.1) is 0 Å². The summed E-state index contributed by atoms with van der Waals surface area (Å²) >= 11 is 5.87. The summed E-state index contributed by atoms with van der Waals surface area (Å²) in [7, 11) is 1.44. The Bertz CT molecular complexity index is 491. The number of nitrogen functional groups attached to an aromatic ring is 1. The van der Waals surface area contributed by atoms with Crippen LogP contribution in [0, 0.1) is 0 Å². The number of amides is 2. The van der Waals surface area contributed by atoms with E-state index in [2.05, 4.69) is 10.6 Å². The first-order valence-corrected chi connectivity index (χ1v) is 5.99. The average molecular weight is 286 g/mol. The molecule has 6 nitrogen and oxygen atoms in total. The van der Waals surface area contributed by atoms with Gasteiger partial charge >= 0.3 is 0 Å². The maximum absolute atomic E-state index is 11.9. The van der Waals surface area contributed by atoms with E-state index in [-0.39, 0.29) is 16.8 Å². The zero-order valence-electron chi connectivity index (χ0n) is 10.7. The second kappa shape index (κ2) is 6.84.